The van der Waals surface area contributed by atoms with Gasteiger partial charge in [-0.15, -0.1) is 0 Å². The summed E-state index contributed by atoms with van der Waals surface area (Å²) in [6.07, 6.45) is 8.76. The Hall–Kier alpha value is -7.29. The van der Waals surface area contributed by atoms with Gasteiger partial charge in [-0.25, -0.2) is 43.5 Å². The predicted molar refractivity (Wildman–Crippen MR) is 284 cm³/mol. The smallest absolute Gasteiger partial charge is 0.410 e. The van der Waals surface area contributed by atoms with E-state index in [0.29, 0.717) is 64.3 Å². The second kappa shape index (κ2) is 23.1. The number of amides is 1. The largest absolute Gasteiger partial charge is 0.444 e. The van der Waals surface area contributed by atoms with Gasteiger partial charge in [0.2, 0.25) is 0 Å². The molecule has 0 fully saturated rings. The lowest BCUT2D eigenvalue weighted by Gasteiger charge is -2.29. The lowest BCUT2D eigenvalue weighted by Crippen LogP contribution is -2.41. The van der Waals surface area contributed by atoms with Crippen LogP contribution in [0.5, 0.6) is 0 Å². The highest BCUT2D eigenvalue weighted by atomic mass is 32.1. The van der Waals surface area contributed by atoms with Gasteiger partial charge in [0.15, 0.2) is 11.6 Å². The highest BCUT2D eigenvalue weighted by Gasteiger charge is 2.28. The van der Waals surface area contributed by atoms with Crippen LogP contribution in [0, 0.1) is 23.5 Å². The number of carbonyl (C=O) groups is 1. The molecule has 8 heterocycles. The van der Waals surface area contributed by atoms with Crippen molar-refractivity contribution in [2.75, 3.05) is 36.8 Å². The minimum atomic E-state index is -0.612. The second-order valence-corrected chi connectivity index (χ2v) is 20.9. The Kier molecular flexibility index (Phi) is 16.0. The number of pyridine rings is 2. The van der Waals surface area contributed by atoms with E-state index >= 15 is 0 Å². The Labute approximate surface area is 430 Å². The molecule has 0 radical (unpaired) electrons. The number of hydrogen-bond donors (Lipinski definition) is 3. The van der Waals surface area contributed by atoms with E-state index in [1.54, 1.807) is 40.8 Å². The molecule has 1 amide bonds. The van der Waals surface area contributed by atoms with Crippen molar-refractivity contribution in [2.45, 2.75) is 79.0 Å². The molecule has 3 N–H and O–H groups in total. The van der Waals surface area contributed by atoms with E-state index in [1.165, 1.54) is 53.0 Å². The molecule has 0 aliphatic carbocycles. The van der Waals surface area contributed by atoms with E-state index in [-0.39, 0.29) is 36.7 Å². The van der Waals surface area contributed by atoms with Gasteiger partial charge in [-0.1, -0.05) is 72.9 Å². The molecule has 20 heteroatoms. The van der Waals surface area contributed by atoms with Gasteiger partial charge >= 0.3 is 6.09 Å². The minimum Gasteiger partial charge on any atom is -0.444 e. The van der Waals surface area contributed by atoms with Crippen molar-refractivity contribution >= 4 is 83.9 Å². The molecule has 0 saturated carbocycles. The molecule has 0 bridgehead atoms. The van der Waals surface area contributed by atoms with Crippen LogP contribution in [0.25, 0.3) is 20.7 Å². The van der Waals surface area contributed by atoms with Gasteiger partial charge in [0.1, 0.15) is 50.6 Å². The van der Waals surface area contributed by atoms with E-state index in [1.807, 2.05) is 45.0 Å². The van der Waals surface area contributed by atoms with Crippen LogP contribution in [0.4, 0.5) is 36.6 Å². The summed E-state index contributed by atoms with van der Waals surface area (Å²) in [5, 5.41) is 11.6. The summed E-state index contributed by atoms with van der Waals surface area (Å²) in [7, 11) is 0. The molecule has 2 aliphatic rings. The average Bonchev–Trinajstić information content (AvgIpc) is 4.20. The van der Waals surface area contributed by atoms with Gasteiger partial charge in [-0.05, 0) is 68.3 Å². The molecule has 10 rings (SSSR count). The molecule has 0 unspecified atom stereocenters. The van der Waals surface area contributed by atoms with Crippen LogP contribution in [0.1, 0.15) is 67.1 Å². The summed E-state index contributed by atoms with van der Waals surface area (Å²) < 4.78 is 33.6. The molecule has 16 nitrogen and oxygen atoms in total. The highest BCUT2D eigenvalue weighted by Crippen LogP contribution is 2.31. The minimum absolute atomic E-state index is 0.0592. The van der Waals surface area contributed by atoms with E-state index in [9.17, 15) is 13.6 Å². The first kappa shape index (κ1) is 50.6. The Morgan fingerprint density at radius 1 is 0.685 bits per heavy atom. The zero-order chi connectivity index (χ0) is 50.9. The molecule has 8 aromatic rings. The molecule has 2 atom stereocenters. The fourth-order valence-electron chi connectivity index (χ4n) is 8.27. The van der Waals surface area contributed by atoms with E-state index < -0.39 is 5.60 Å². The fraction of sp³-hybridized carbons (Fsp3) is 0.340. The SMILES string of the molecule is C[C@@H](CN(CCc1nc2c(NCc3ncccc3F)ncnc2s1)C(=O)OC(C)(C)C)C1=Nc2ccccc2C1.C[C@@H](CNCCc1nc2c(NCc3ncccc3F)ncnc2s1)C1=Nc2ccccc2C1. The number of anilines is 2. The van der Waals surface area contributed by atoms with Gasteiger partial charge in [0.25, 0.3) is 0 Å². The number of thiazole rings is 2. The number of fused-ring (bicyclic) bond motifs is 4. The van der Waals surface area contributed by atoms with Crippen molar-refractivity contribution in [3.05, 3.63) is 142 Å². The van der Waals surface area contributed by atoms with E-state index in [0.717, 1.165) is 64.3 Å². The highest BCUT2D eigenvalue weighted by molar-refractivity contribution is 7.18. The van der Waals surface area contributed by atoms with E-state index in [4.69, 9.17) is 24.7 Å². The molecule has 0 saturated heterocycles. The standard InChI is InChI=1S/C29H32FN7O2S.C24H24FN7S/c1-18(22-14-19-8-5-6-10-21(19)35-22)16-37(28(38)39-29(2,3)4)13-11-24-36-25-26(33-17-34-27(25)40-24)32-15-23-20(30)9-7-12-31-23;1-15(19-11-16-5-2-3-7-18(16)31-19)12-26-10-8-21-32-22-23(29-14-30-24(22)33-21)28-13-20-17(25)6-4-9-27-20/h5-10,12,17-18H,11,13-16H2,1-4H3,(H,32,33,34);2-7,9,14-15,26H,8,10-13H2,1H3,(H,28,29,30)/t18-;15-/m00/s1. The van der Waals surface area contributed by atoms with Gasteiger partial charge in [-0.3, -0.25) is 20.0 Å². The summed E-state index contributed by atoms with van der Waals surface area (Å²) in [6.45, 7) is 12.9. The number of nitrogens with one attached hydrogen (secondary N) is 3. The Balaban J connectivity index is 0.000000183. The van der Waals surface area contributed by atoms with Crippen molar-refractivity contribution in [3.8, 4) is 0 Å². The topological polar surface area (TPSA) is 193 Å². The monoisotopic (exact) mass is 1020 g/mol. The number of nitrogens with zero attached hydrogens (tertiary/aromatic N) is 11. The first-order valence-electron chi connectivity index (χ1n) is 24.2. The number of aliphatic imine (C=N–C) groups is 2. The summed E-state index contributed by atoms with van der Waals surface area (Å²) in [5.41, 5.74) is 8.25. The van der Waals surface area contributed by atoms with Crippen LogP contribution in [-0.2, 0) is 43.5 Å². The number of carbonyl (C=O) groups excluding carboxylic acids is 1. The molecule has 2 aliphatic heterocycles. The maximum Gasteiger partial charge on any atom is 0.410 e. The van der Waals surface area contributed by atoms with Crippen LogP contribution in [-0.4, -0.2) is 94.1 Å². The van der Waals surface area contributed by atoms with Crippen molar-refractivity contribution < 1.29 is 18.3 Å². The number of rotatable bonds is 18. The number of benzene rings is 2. The summed E-state index contributed by atoms with van der Waals surface area (Å²) in [6, 6.07) is 22.4. The van der Waals surface area contributed by atoms with Crippen LogP contribution < -0.4 is 16.0 Å². The van der Waals surface area contributed by atoms with Gasteiger partial charge < -0.3 is 25.6 Å². The van der Waals surface area contributed by atoms with Crippen LogP contribution in [0.3, 0.4) is 0 Å². The Bertz CT molecular complexity index is 3280. The zero-order valence-corrected chi connectivity index (χ0v) is 42.9. The summed E-state index contributed by atoms with van der Waals surface area (Å²) in [4.78, 5) is 61.0. The second-order valence-electron chi connectivity index (χ2n) is 18.8. The number of halogens is 2. The van der Waals surface area contributed by atoms with Crippen molar-refractivity contribution in [3.63, 3.8) is 0 Å². The molecule has 2 aromatic carbocycles. The third-order valence-electron chi connectivity index (χ3n) is 12.1. The van der Waals surface area contributed by atoms with Crippen LogP contribution >= 0.6 is 22.7 Å². The summed E-state index contributed by atoms with van der Waals surface area (Å²) >= 11 is 3.00. The van der Waals surface area contributed by atoms with E-state index in [2.05, 4.69) is 84.0 Å². The normalized spacial score (nSPS) is 13.6. The van der Waals surface area contributed by atoms with Gasteiger partial charge in [0.05, 0.1) is 45.9 Å². The average molecular weight is 1020 g/mol. The molecule has 0 spiro atoms. The Morgan fingerprint density at radius 2 is 1.21 bits per heavy atom. The quantitative estimate of drug-likeness (QED) is 0.0688. The molecule has 376 valence electrons. The molecule has 73 heavy (non-hydrogen) atoms. The van der Waals surface area contributed by atoms with Crippen LogP contribution in [0.15, 0.2) is 108 Å². The maximum atomic E-state index is 14.0. The first-order chi connectivity index (χ1) is 35.3. The predicted octanol–water partition coefficient (Wildman–Crippen LogP) is 10.3. The van der Waals surface area contributed by atoms with Gasteiger partial charge in [0, 0.05) is 87.5 Å². The third kappa shape index (κ3) is 13.0. The summed E-state index contributed by atoms with van der Waals surface area (Å²) in [5.74, 6) is 0.803. The van der Waals surface area contributed by atoms with Crippen LogP contribution in [0.2, 0.25) is 0 Å². The first-order valence-corrected chi connectivity index (χ1v) is 25.8. The molecular weight excluding hydrogens is 967 g/mol. The zero-order valence-electron chi connectivity index (χ0n) is 41.3. The van der Waals surface area contributed by atoms with Gasteiger partial charge in [-0.2, -0.15) is 0 Å². The number of ether oxygens (including phenoxy) is 1. The van der Waals surface area contributed by atoms with Crippen molar-refractivity contribution in [1.29, 1.82) is 0 Å². The fourth-order valence-corrected chi connectivity index (χ4v) is 10.1. The van der Waals surface area contributed by atoms with Crippen molar-refractivity contribution in [2.24, 2.45) is 21.8 Å². The van der Waals surface area contributed by atoms with Crippen molar-refractivity contribution in [1.82, 2.24) is 50.1 Å². The third-order valence-corrected chi connectivity index (χ3v) is 14.1. The number of aromatic nitrogens is 8. The lowest BCUT2D eigenvalue weighted by molar-refractivity contribution is 0.0240. The molecule has 6 aromatic heterocycles. The number of para-hydroxylation sites is 2. The molecular formula is C53H56F2N14O2S2. The number of hydrogen-bond acceptors (Lipinski definition) is 17. The Morgan fingerprint density at radius 3 is 1.73 bits per heavy atom. The maximum absolute atomic E-state index is 14.0. The lowest BCUT2D eigenvalue weighted by atomic mass is 10.00.